The van der Waals surface area contributed by atoms with Crippen LogP contribution in [0.5, 0.6) is 0 Å². The van der Waals surface area contributed by atoms with Gasteiger partial charge in [0, 0.05) is 38.8 Å². The normalized spacial score (nSPS) is 18.0. The summed E-state index contributed by atoms with van der Waals surface area (Å²) < 4.78 is 3.04. The summed E-state index contributed by atoms with van der Waals surface area (Å²) in [5, 5.41) is 4.88. The van der Waals surface area contributed by atoms with Crippen LogP contribution in [-0.2, 0) is 13.6 Å². The molecule has 1 saturated heterocycles. The number of hydrogen-bond acceptors (Lipinski definition) is 4. The lowest BCUT2D eigenvalue weighted by molar-refractivity contribution is 0.0697. The van der Waals surface area contributed by atoms with E-state index >= 15 is 0 Å². The highest BCUT2D eigenvalue weighted by atomic mass is 35.5. The van der Waals surface area contributed by atoms with Gasteiger partial charge < -0.3 is 4.90 Å². The van der Waals surface area contributed by atoms with Crippen LogP contribution in [-0.4, -0.2) is 43.2 Å². The first-order valence-electron chi connectivity index (χ1n) is 8.05. The summed E-state index contributed by atoms with van der Waals surface area (Å²) >= 11 is 5.83. The molecule has 1 aliphatic heterocycles. The van der Waals surface area contributed by atoms with Crippen molar-refractivity contribution in [2.24, 2.45) is 7.05 Å². The molecular formula is C16H20ClN5O2. The van der Waals surface area contributed by atoms with Crippen LogP contribution in [0.3, 0.4) is 0 Å². The minimum Gasteiger partial charge on any atom is -0.337 e. The van der Waals surface area contributed by atoms with Gasteiger partial charge in [-0.3, -0.25) is 9.36 Å². The van der Waals surface area contributed by atoms with Crippen molar-refractivity contribution < 1.29 is 4.79 Å². The molecule has 8 heteroatoms. The molecule has 0 bridgehead atoms. The molecule has 1 unspecified atom stereocenters. The Morgan fingerprint density at radius 2 is 2.21 bits per heavy atom. The van der Waals surface area contributed by atoms with Gasteiger partial charge in [-0.25, -0.2) is 14.5 Å². The Morgan fingerprint density at radius 3 is 2.88 bits per heavy atom. The number of aryl methyl sites for hydroxylation is 1. The molecule has 2 aromatic rings. The Morgan fingerprint density at radius 1 is 1.42 bits per heavy atom. The zero-order chi connectivity index (χ0) is 17.3. The number of pyridine rings is 1. The Hall–Kier alpha value is -2.15. The third-order valence-corrected chi connectivity index (χ3v) is 4.60. The van der Waals surface area contributed by atoms with Crippen LogP contribution in [0, 0.1) is 0 Å². The second kappa shape index (κ2) is 6.76. The van der Waals surface area contributed by atoms with Gasteiger partial charge in [0.25, 0.3) is 5.91 Å². The minimum atomic E-state index is -0.115. The first-order chi connectivity index (χ1) is 11.5. The van der Waals surface area contributed by atoms with E-state index in [9.17, 15) is 9.59 Å². The van der Waals surface area contributed by atoms with Crippen molar-refractivity contribution in [1.29, 1.82) is 0 Å². The van der Waals surface area contributed by atoms with Gasteiger partial charge in [0.05, 0.1) is 5.02 Å². The average Bonchev–Trinajstić information content (AvgIpc) is 2.89. The van der Waals surface area contributed by atoms with Gasteiger partial charge in [0.2, 0.25) is 0 Å². The lowest BCUT2D eigenvalue weighted by Crippen LogP contribution is -2.40. The third-order valence-electron chi connectivity index (χ3n) is 4.37. The van der Waals surface area contributed by atoms with Crippen LogP contribution in [0.4, 0.5) is 0 Å². The SMILES string of the molecule is CCn1c(C2CCCN(C(=O)c3ccc(Cl)cn3)C2)nn(C)c1=O. The topological polar surface area (TPSA) is 73.0 Å². The van der Waals surface area contributed by atoms with E-state index in [1.165, 1.54) is 10.9 Å². The van der Waals surface area contributed by atoms with E-state index < -0.39 is 0 Å². The van der Waals surface area contributed by atoms with Crippen LogP contribution < -0.4 is 5.69 Å². The Kier molecular flexibility index (Phi) is 4.71. The smallest absolute Gasteiger partial charge is 0.337 e. The van der Waals surface area contributed by atoms with Crippen LogP contribution in [0.25, 0.3) is 0 Å². The van der Waals surface area contributed by atoms with Crippen LogP contribution in [0.1, 0.15) is 42.0 Å². The summed E-state index contributed by atoms with van der Waals surface area (Å²) in [6.45, 7) is 3.73. The molecule has 2 aromatic heterocycles. The van der Waals surface area contributed by atoms with Crippen molar-refractivity contribution in [3.8, 4) is 0 Å². The highest BCUT2D eigenvalue weighted by molar-refractivity contribution is 6.30. The molecule has 128 valence electrons. The molecule has 0 aromatic carbocycles. The Balaban J connectivity index is 1.82. The van der Waals surface area contributed by atoms with Gasteiger partial charge in [-0.15, -0.1) is 0 Å². The number of likely N-dealkylation sites (tertiary alicyclic amines) is 1. The molecule has 3 heterocycles. The summed E-state index contributed by atoms with van der Waals surface area (Å²) in [6.07, 6.45) is 3.26. The summed E-state index contributed by atoms with van der Waals surface area (Å²) in [6, 6.07) is 3.30. The molecule has 1 amide bonds. The van der Waals surface area contributed by atoms with Gasteiger partial charge in [0.15, 0.2) is 0 Å². The van der Waals surface area contributed by atoms with Crippen molar-refractivity contribution in [3.05, 3.63) is 45.4 Å². The number of rotatable bonds is 3. The number of halogens is 1. The lowest BCUT2D eigenvalue weighted by Gasteiger charge is -2.32. The van der Waals surface area contributed by atoms with Gasteiger partial charge in [0.1, 0.15) is 11.5 Å². The second-order valence-corrected chi connectivity index (χ2v) is 6.40. The van der Waals surface area contributed by atoms with E-state index in [4.69, 9.17) is 11.6 Å². The molecule has 0 aliphatic carbocycles. The summed E-state index contributed by atoms with van der Waals surface area (Å²) in [5.41, 5.74) is 0.268. The number of amides is 1. The molecule has 0 spiro atoms. The van der Waals surface area contributed by atoms with E-state index in [1.54, 1.807) is 28.6 Å². The largest absolute Gasteiger partial charge is 0.345 e. The molecule has 7 nitrogen and oxygen atoms in total. The third kappa shape index (κ3) is 3.08. The summed E-state index contributed by atoms with van der Waals surface area (Å²) in [7, 11) is 1.65. The molecule has 0 saturated carbocycles. The molecule has 3 rings (SSSR count). The van der Waals surface area contributed by atoms with Crippen molar-refractivity contribution >= 4 is 17.5 Å². The predicted molar refractivity (Wildman–Crippen MR) is 90.3 cm³/mol. The van der Waals surface area contributed by atoms with E-state index in [2.05, 4.69) is 10.1 Å². The van der Waals surface area contributed by atoms with Crippen LogP contribution in [0.2, 0.25) is 5.02 Å². The van der Waals surface area contributed by atoms with Gasteiger partial charge in [-0.1, -0.05) is 11.6 Å². The summed E-state index contributed by atoms with van der Waals surface area (Å²) in [4.78, 5) is 30.6. The molecule has 24 heavy (non-hydrogen) atoms. The monoisotopic (exact) mass is 349 g/mol. The van der Waals surface area contributed by atoms with Crippen molar-refractivity contribution in [1.82, 2.24) is 24.2 Å². The van der Waals surface area contributed by atoms with Gasteiger partial charge >= 0.3 is 5.69 Å². The van der Waals surface area contributed by atoms with E-state index in [0.29, 0.717) is 30.4 Å². The van der Waals surface area contributed by atoms with Crippen LogP contribution in [0.15, 0.2) is 23.1 Å². The van der Waals surface area contributed by atoms with Crippen LogP contribution >= 0.6 is 11.6 Å². The van der Waals surface area contributed by atoms with Gasteiger partial charge in [-0.2, -0.15) is 5.10 Å². The number of aromatic nitrogens is 4. The highest BCUT2D eigenvalue weighted by Crippen LogP contribution is 2.26. The summed E-state index contributed by atoms with van der Waals surface area (Å²) in [5.74, 6) is 0.702. The quantitative estimate of drug-likeness (QED) is 0.845. The number of carbonyl (C=O) groups is 1. The fraction of sp³-hybridized carbons (Fsp3) is 0.500. The van der Waals surface area contributed by atoms with Crippen molar-refractivity contribution in [3.63, 3.8) is 0 Å². The van der Waals surface area contributed by atoms with Crippen molar-refractivity contribution in [2.75, 3.05) is 13.1 Å². The zero-order valence-electron chi connectivity index (χ0n) is 13.8. The fourth-order valence-electron chi connectivity index (χ4n) is 3.16. The second-order valence-electron chi connectivity index (χ2n) is 5.96. The number of nitrogens with zero attached hydrogens (tertiary/aromatic N) is 5. The van der Waals surface area contributed by atoms with E-state index in [-0.39, 0.29) is 17.5 Å². The Bertz CT molecular complexity index is 796. The maximum atomic E-state index is 12.6. The number of piperidine rings is 1. The van der Waals surface area contributed by atoms with Crippen molar-refractivity contribution in [2.45, 2.75) is 32.2 Å². The van der Waals surface area contributed by atoms with Gasteiger partial charge in [-0.05, 0) is 31.9 Å². The predicted octanol–water partition coefficient (Wildman–Crippen LogP) is 1.67. The molecular weight excluding hydrogens is 330 g/mol. The first kappa shape index (κ1) is 16.7. The van der Waals surface area contributed by atoms with E-state index in [1.807, 2.05) is 6.92 Å². The molecule has 1 aliphatic rings. The maximum absolute atomic E-state index is 12.6. The molecule has 0 N–H and O–H groups in total. The first-order valence-corrected chi connectivity index (χ1v) is 8.43. The zero-order valence-corrected chi connectivity index (χ0v) is 14.5. The lowest BCUT2D eigenvalue weighted by atomic mass is 9.96. The fourth-order valence-corrected chi connectivity index (χ4v) is 3.27. The number of carbonyl (C=O) groups excluding carboxylic acids is 1. The average molecular weight is 350 g/mol. The number of hydrogen-bond donors (Lipinski definition) is 0. The molecule has 0 radical (unpaired) electrons. The van der Waals surface area contributed by atoms with E-state index in [0.717, 1.165) is 18.7 Å². The molecule has 1 fully saturated rings. The standard InChI is InChI=1S/C16H20ClN5O2/c1-3-22-14(19-20(2)16(22)24)11-5-4-8-21(10-11)15(23)13-7-6-12(17)9-18-13/h6-7,9,11H,3-5,8,10H2,1-2H3. The Labute approximate surface area is 144 Å². The maximum Gasteiger partial charge on any atom is 0.345 e. The highest BCUT2D eigenvalue weighted by Gasteiger charge is 2.29. The minimum absolute atomic E-state index is 0.0591. The molecule has 1 atom stereocenters.